The molecule has 3 heterocycles. The van der Waals surface area contributed by atoms with Crippen LogP contribution in [0.5, 0.6) is 0 Å². The monoisotopic (exact) mass is 1280 g/mol. The van der Waals surface area contributed by atoms with Crippen LogP contribution < -0.4 is 26.2 Å². The van der Waals surface area contributed by atoms with E-state index >= 15 is 0 Å². The number of para-hydroxylation sites is 1. The minimum absolute atomic E-state index is 0.00116. The fourth-order valence-electron chi connectivity index (χ4n) is 17.2. The van der Waals surface area contributed by atoms with Gasteiger partial charge in [-0.1, -0.05) is 269 Å². The van der Waals surface area contributed by atoms with Crippen molar-refractivity contribution < 1.29 is 0 Å². The summed E-state index contributed by atoms with van der Waals surface area (Å²) in [5.74, 6) is 0. The lowest BCUT2D eigenvalue weighted by Gasteiger charge is -2.45. The van der Waals surface area contributed by atoms with E-state index in [9.17, 15) is 0 Å². The Kier molecular flexibility index (Phi) is 14.4. The summed E-state index contributed by atoms with van der Waals surface area (Å²) in [7, 11) is 0. The first kappa shape index (κ1) is 63.6. The van der Waals surface area contributed by atoms with Gasteiger partial charge in [0.2, 0.25) is 0 Å². The molecule has 490 valence electrons. The summed E-state index contributed by atoms with van der Waals surface area (Å²) in [6.45, 7) is 40.2. The van der Waals surface area contributed by atoms with Gasteiger partial charge in [0.05, 0.1) is 11.0 Å². The lowest BCUT2D eigenvalue weighted by Crippen LogP contribution is -2.61. The zero-order valence-electron chi connectivity index (χ0n) is 61.1. The average Bonchev–Trinajstić information content (AvgIpc) is 0.715. The average molecular weight is 1280 g/mol. The Hall–Kier alpha value is -9.12. The molecule has 0 N–H and O–H groups in total. The molecule has 4 aliphatic rings. The van der Waals surface area contributed by atoms with Crippen LogP contribution in [0.2, 0.25) is 0 Å². The Labute approximate surface area is 584 Å². The molecule has 0 spiro atoms. The predicted octanol–water partition coefficient (Wildman–Crippen LogP) is 24.1. The van der Waals surface area contributed by atoms with Crippen molar-refractivity contribution in [3.05, 3.63) is 263 Å². The second kappa shape index (κ2) is 22.2. The van der Waals surface area contributed by atoms with Crippen molar-refractivity contribution in [2.45, 2.75) is 181 Å². The number of nitrogens with zero attached hydrogens (tertiary/aromatic N) is 3. The summed E-state index contributed by atoms with van der Waals surface area (Å²) in [6.07, 6.45) is 4.75. The smallest absolute Gasteiger partial charge is 0.252 e. The third-order valence-corrected chi connectivity index (χ3v) is 23.6. The zero-order chi connectivity index (χ0) is 68.5. The van der Waals surface area contributed by atoms with Crippen molar-refractivity contribution in [3.63, 3.8) is 0 Å². The Morgan fingerprint density at radius 1 is 0.286 bits per heavy atom. The fraction of sp³-hybridized carbons (Fsp3) is 0.298. The summed E-state index contributed by atoms with van der Waals surface area (Å²) in [5, 5.41) is 2.54. The highest BCUT2D eigenvalue weighted by Crippen LogP contribution is 2.52. The molecule has 4 heteroatoms. The second-order valence-electron chi connectivity index (χ2n) is 35.2. The molecule has 0 radical (unpaired) electrons. The Bertz CT molecular complexity index is 5180. The number of rotatable bonds is 7. The van der Waals surface area contributed by atoms with Gasteiger partial charge in [-0.15, -0.1) is 0 Å². The van der Waals surface area contributed by atoms with E-state index in [4.69, 9.17) is 0 Å². The van der Waals surface area contributed by atoms with Crippen LogP contribution in [0.1, 0.15) is 182 Å². The Morgan fingerprint density at radius 2 is 0.684 bits per heavy atom. The van der Waals surface area contributed by atoms with E-state index in [1.807, 2.05) is 0 Å². The molecular formula is C94H96BN3. The van der Waals surface area contributed by atoms with E-state index in [-0.39, 0.29) is 44.6 Å². The highest BCUT2D eigenvalue weighted by molar-refractivity contribution is 7.00. The van der Waals surface area contributed by atoms with Crippen LogP contribution in [0.25, 0.3) is 72.0 Å². The first-order valence-corrected chi connectivity index (χ1v) is 36.3. The van der Waals surface area contributed by atoms with Gasteiger partial charge in [0.15, 0.2) is 0 Å². The van der Waals surface area contributed by atoms with Crippen LogP contribution in [0.3, 0.4) is 0 Å². The molecule has 3 nitrogen and oxygen atoms in total. The largest absolute Gasteiger partial charge is 0.311 e. The maximum atomic E-state index is 2.63. The molecule has 0 amide bonds. The van der Waals surface area contributed by atoms with Crippen LogP contribution in [-0.2, 0) is 37.9 Å². The third-order valence-electron chi connectivity index (χ3n) is 23.6. The molecule has 0 saturated carbocycles. The number of benzene rings is 11. The van der Waals surface area contributed by atoms with E-state index < -0.39 is 0 Å². The predicted molar refractivity (Wildman–Crippen MR) is 423 cm³/mol. The van der Waals surface area contributed by atoms with Crippen molar-refractivity contribution in [1.29, 1.82) is 0 Å². The SMILES string of the molecule is CC(C)(C)c1ccc(-c2ccc3c(c2)B2c4ccc(-n5c6ccccc6c6cc(C(C)(C)C)ccc65)cc4N(c4ccc(-c5ccc6c(c5)C(C)(C)CCC6(C)C)cc4)c4cc(-c5ccc(C(C)(C)C)cc5)cc(c42)N3c2ccc(-c3ccc4c(c3)C(C)(C)CCC4(C)C)cc2)cc1. The third kappa shape index (κ3) is 10.5. The van der Waals surface area contributed by atoms with E-state index in [0.717, 1.165) is 17.1 Å². The molecule has 0 saturated heterocycles. The molecule has 16 rings (SSSR count). The minimum Gasteiger partial charge on any atom is -0.311 e. The second-order valence-corrected chi connectivity index (χ2v) is 35.2. The van der Waals surface area contributed by atoms with E-state index in [1.54, 1.807) is 0 Å². The van der Waals surface area contributed by atoms with Crippen molar-refractivity contribution in [3.8, 4) is 50.2 Å². The highest BCUT2D eigenvalue weighted by atomic mass is 15.2. The Morgan fingerprint density at radius 3 is 1.18 bits per heavy atom. The van der Waals surface area contributed by atoms with Gasteiger partial charge >= 0.3 is 0 Å². The molecule has 11 aromatic carbocycles. The van der Waals surface area contributed by atoms with Crippen LogP contribution in [0.4, 0.5) is 34.1 Å². The number of aromatic nitrogens is 1. The van der Waals surface area contributed by atoms with Crippen LogP contribution in [0.15, 0.2) is 224 Å². The summed E-state index contributed by atoms with van der Waals surface area (Å²) < 4.78 is 2.52. The van der Waals surface area contributed by atoms with Gasteiger partial charge in [0, 0.05) is 50.6 Å². The number of hydrogen-bond donors (Lipinski definition) is 0. The zero-order valence-corrected chi connectivity index (χ0v) is 61.1. The van der Waals surface area contributed by atoms with Crippen LogP contribution in [0, 0.1) is 0 Å². The van der Waals surface area contributed by atoms with Crippen molar-refractivity contribution in [1.82, 2.24) is 4.57 Å². The van der Waals surface area contributed by atoms with Gasteiger partial charge in [0.1, 0.15) is 0 Å². The standard InChI is InChI=1S/C94H96BN3/c1-88(2,3)67-33-22-59(23-34-67)65-32-46-83-80(54-65)95-79-45-42-72(98-81-21-19-18-20-73(81)74-57-69(90(7,8)9)37-47-82(74)98)58-84(79)97(71-40-28-61(29-41-71)64-31-44-76-78(53-64)94(16,17)51-49-92(76,12)13)86-56-66(62-24-35-68(36-25-62)89(4,5)6)55-85(87(86)95)96(83)70-38-26-60(27-39-70)63-30-43-75-77(52-63)93(14,15)50-48-91(75,10)11/h18-47,52-58H,48-51H2,1-17H3. The summed E-state index contributed by atoms with van der Waals surface area (Å²) in [4.78, 5) is 5.24. The lowest BCUT2D eigenvalue weighted by molar-refractivity contribution is 0.332. The van der Waals surface area contributed by atoms with E-state index in [0.29, 0.717) is 0 Å². The van der Waals surface area contributed by atoms with Gasteiger partial charge in [0.25, 0.3) is 6.71 Å². The molecule has 0 fully saturated rings. The number of anilines is 6. The van der Waals surface area contributed by atoms with Crippen molar-refractivity contribution >= 4 is 79.0 Å². The van der Waals surface area contributed by atoms with Crippen LogP contribution >= 0.6 is 0 Å². The van der Waals surface area contributed by atoms with Gasteiger partial charge in [-0.3, -0.25) is 0 Å². The lowest BCUT2D eigenvalue weighted by atomic mass is 9.33. The van der Waals surface area contributed by atoms with Gasteiger partial charge < -0.3 is 14.4 Å². The van der Waals surface area contributed by atoms with E-state index in [2.05, 4.69) is 357 Å². The van der Waals surface area contributed by atoms with E-state index in [1.165, 1.54) is 170 Å². The summed E-state index contributed by atoms with van der Waals surface area (Å²) in [5.41, 5.74) is 34.6. The molecule has 2 aliphatic carbocycles. The quantitative estimate of drug-likeness (QED) is 0.147. The van der Waals surface area contributed by atoms with Crippen LogP contribution in [-0.4, -0.2) is 11.3 Å². The first-order valence-electron chi connectivity index (χ1n) is 36.3. The van der Waals surface area contributed by atoms with Gasteiger partial charge in [-0.05, 0) is 236 Å². The molecule has 2 aliphatic heterocycles. The molecular weight excluding hydrogens is 1180 g/mol. The first-order chi connectivity index (χ1) is 46.4. The normalized spacial score (nSPS) is 16.5. The maximum absolute atomic E-state index is 2.63. The maximum Gasteiger partial charge on any atom is 0.252 e. The Balaban J connectivity index is 0.955. The topological polar surface area (TPSA) is 11.4 Å². The molecule has 98 heavy (non-hydrogen) atoms. The highest BCUT2D eigenvalue weighted by Gasteiger charge is 2.45. The van der Waals surface area contributed by atoms with Gasteiger partial charge in [-0.2, -0.15) is 0 Å². The minimum atomic E-state index is -0.130. The summed E-state index contributed by atoms with van der Waals surface area (Å²) in [6, 6.07) is 88.6. The summed E-state index contributed by atoms with van der Waals surface area (Å²) >= 11 is 0. The number of hydrogen-bond acceptors (Lipinski definition) is 2. The molecule has 0 atom stereocenters. The fourth-order valence-corrected chi connectivity index (χ4v) is 17.2. The van der Waals surface area contributed by atoms with Gasteiger partial charge in [-0.25, -0.2) is 0 Å². The molecule has 1 aromatic heterocycles. The van der Waals surface area contributed by atoms with Crippen molar-refractivity contribution in [2.24, 2.45) is 0 Å². The molecule has 0 bridgehead atoms. The number of fused-ring (bicyclic) bond motifs is 9. The van der Waals surface area contributed by atoms with Crippen molar-refractivity contribution in [2.75, 3.05) is 9.80 Å². The molecule has 0 unspecified atom stereocenters. The molecule has 12 aromatic rings.